The van der Waals surface area contributed by atoms with E-state index in [2.05, 4.69) is 21.2 Å². The van der Waals surface area contributed by atoms with E-state index in [1.807, 2.05) is 67.6 Å². The summed E-state index contributed by atoms with van der Waals surface area (Å²) < 4.78 is 30.4. The number of benzene rings is 4. The van der Waals surface area contributed by atoms with Crippen molar-refractivity contribution in [1.29, 1.82) is 0 Å². The van der Waals surface area contributed by atoms with Gasteiger partial charge in [0, 0.05) is 28.5 Å². The molecule has 0 aromatic heterocycles. The Kier molecular flexibility index (Phi) is 11.8. The second-order valence-electron chi connectivity index (χ2n) is 12.0. The van der Waals surface area contributed by atoms with Gasteiger partial charge < -0.3 is 10.2 Å². The van der Waals surface area contributed by atoms with Gasteiger partial charge in [0.15, 0.2) is 0 Å². The number of amides is 2. The van der Waals surface area contributed by atoms with Crippen molar-refractivity contribution in [3.8, 4) is 0 Å². The van der Waals surface area contributed by atoms with E-state index in [1.54, 1.807) is 18.2 Å². The first-order valence-electron chi connectivity index (χ1n) is 15.8. The Balaban J connectivity index is 1.56. The quantitative estimate of drug-likeness (QED) is 0.162. The van der Waals surface area contributed by atoms with Crippen molar-refractivity contribution >= 4 is 55.1 Å². The van der Waals surface area contributed by atoms with E-state index < -0.39 is 28.5 Å². The molecule has 1 saturated carbocycles. The minimum Gasteiger partial charge on any atom is -0.352 e. The largest absolute Gasteiger partial charge is 0.352 e. The van der Waals surface area contributed by atoms with Crippen molar-refractivity contribution in [2.75, 3.05) is 10.8 Å². The van der Waals surface area contributed by atoms with E-state index in [1.165, 1.54) is 29.2 Å². The molecule has 4 aromatic rings. The highest BCUT2D eigenvalue weighted by molar-refractivity contribution is 9.10. The molecule has 0 saturated heterocycles. The fourth-order valence-corrected chi connectivity index (χ4v) is 7.73. The molecule has 4 aromatic carbocycles. The number of anilines is 1. The fourth-order valence-electron chi connectivity index (χ4n) is 5.93. The smallest absolute Gasteiger partial charge is 0.264 e. The van der Waals surface area contributed by atoms with Crippen LogP contribution in [-0.2, 0) is 32.6 Å². The summed E-state index contributed by atoms with van der Waals surface area (Å²) in [5.74, 6) is -0.736. The molecule has 5 rings (SSSR count). The van der Waals surface area contributed by atoms with Crippen molar-refractivity contribution in [3.05, 3.63) is 129 Å². The van der Waals surface area contributed by atoms with E-state index in [-0.39, 0.29) is 29.8 Å². The number of sulfonamides is 1. The lowest BCUT2D eigenvalue weighted by atomic mass is 9.94. The normalized spacial score (nSPS) is 14.3. The van der Waals surface area contributed by atoms with Crippen LogP contribution in [0.25, 0.3) is 0 Å². The predicted octanol–water partition coefficient (Wildman–Crippen LogP) is 7.70. The number of hydrogen-bond donors (Lipinski definition) is 1. The lowest BCUT2D eigenvalue weighted by Gasteiger charge is -2.35. The molecule has 1 aliphatic carbocycles. The Morgan fingerprint density at radius 2 is 1.55 bits per heavy atom. The van der Waals surface area contributed by atoms with Crippen LogP contribution in [0, 0.1) is 6.92 Å². The maximum absolute atomic E-state index is 14.7. The summed E-state index contributed by atoms with van der Waals surface area (Å²) in [4.78, 5) is 30.4. The van der Waals surface area contributed by atoms with Crippen LogP contribution >= 0.6 is 27.5 Å². The number of nitrogens with zero attached hydrogens (tertiary/aromatic N) is 2. The minimum absolute atomic E-state index is 0.00606. The van der Waals surface area contributed by atoms with Crippen molar-refractivity contribution in [2.45, 2.75) is 69.0 Å². The summed E-state index contributed by atoms with van der Waals surface area (Å²) in [6, 6.07) is 29.2. The number of hydrogen-bond acceptors (Lipinski definition) is 4. The maximum atomic E-state index is 14.7. The second-order valence-corrected chi connectivity index (χ2v) is 15.2. The first-order valence-corrected chi connectivity index (χ1v) is 18.4. The predicted molar refractivity (Wildman–Crippen MR) is 191 cm³/mol. The SMILES string of the molecule is Cc1cccc(N(CC(=O)N(Cc2ccc(Br)cc2)[C@H](Cc2ccccc2)C(=O)NC2CCCCC2)S(=O)(=O)c2ccc(Cl)cc2)c1. The van der Waals surface area contributed by atoms with Gasteiger partial charge in [-0.2, -0.15) is 0 Å². The van der Waals surface area contributed by atoms with Crippen LogP contribution in [0.2, 0.25) is 5.02 Å². The van der Waals surface area contributed by atoms with Gasteiger partial charge in [-0.1, -0.05) is 101 Å². The molecular weight excluding hydrogens is 698 g/mol. The van der Waals surface area contributed by atoms with Gasteiger partial charge >= 0.3 is 0 Å². The van der Waals surface area contributed by atoms with Crippen LogP contribution in [0.15, 0.2) is 112 Å². The molecule has 1 N–H and O–H groups in total. The molecule has 2 amide bonds. The summed E-state index contributed by atoms with van der Waals surface area (Å²) in [7, 11) is -4.20. The highest BCUT2D eigenvalue weighted by Gasteiger charge is 2.35. The first-order chi connectivity index (χ1) is 22.6. The summed E-state index contributed by atoms with van der Waals surface area (Å²) in [6.07, 6.45) is 5.30. The minimum atomic E-state index is -4.20. The van der Waals surface area contributed by atoms with Crippen LogP contribution in [0.4, 0.5) is 5.69 Å². The molecular formula is C37H39BrClN3O4S. The van der Waals surface area contributed by atoms with Gasteiger partial charge in [0.25, 0.3) is 10.0 Å². The van der Waals surface area contributed by atoms with Crippen molar-refractivity contribution in [1.82, 2.24) is 10.2 Å². The third-order valence-corrected chi connectivity index (χ3v) is 11.0. The van der Waals surface area contributed by atoms with Gasteiger partial charge in [-0.05, 0) is 85.0 Å². The molecule has 0 heterocycles. The number of rotatable bonds is 12. The monoisotopic (exact) mass is 735 g/mol. The van der Waals surface area contributed by atoms with Crippen LogP contribution in [0.3, 0.4) is 0 Å². The molecule has 0 unspecified atom stereocenters. The molecule has 1 atom stereocenters. The van der Waals surface area contributed by atoms with Crippen molar-refractivity contribution < 1.29 is 18.0 Å². The molecule has 7 nitrogen and oxygen atoms in total. The fraction of sp³-hybridized carbons (Fsp3) is 0.297. The lowest BCUT2D eigenvalue weighted by molar-refractivity contribution is -0.140. The van der Waals surface area contributed by atoms with Gasteiger partial charge in [-0.15, -0.1) is 0 Å². The zero-order chi connectivity index (χ0) is 33.4. The molecule has 1 fully saturated rings. The van der Waals surface area contributed by atoms with Gasteiger partial charge in [-0.25, -0.2) is 8.42 Å². The average molecular weight is 737 g/mol. The topological polar surface area (TPSA) is 86.8 Å². The number of nitrogens with one attached hydrogen (secondary N) is 1. The number of halogens is 2. The zero-order valence-electron chi connectivity index (χ0n) is 26.3. The summed E-state index contributed by atoms with van der Waals surface area (Å²) in [5, 5.41) is 3.64. The Bertz CT molecular complexity index is 1760. The van der Waals surface area contributed by atoms with Gasteiger partial charge in [0.2, 0.25) is 11.8 Å². The Hall–Kier alpha value is -3.66. The molecule has 0 aliphatic heterocycles. The Morgan fingerprint density at radius 1 is 0.872 bits per heavy atom. The zero-order valence-corrected chi connectivity index (χ0v) is 29.5. The molecule has 0 spiro atoms. The van der Waals surface area contributed by atoms with Crippen LogP contribution in [0.1, 0.15) is 48.8 Å². The highest BCUT2D eigenvalue weighted by atomic mass is 79.9. The molecule has 246 valence electrons. The van der Waals surface area contributed by atoms with Gasteiger partial charge in [0.05, 0.1) is 10.6 Å². The van der Waals surface area contributed by atoms with E-state index >= 15 is 0 Å². The van der Waals surface area contributed by atoms with E-state index in [0.717, 1.165) is 57.6 Å². The number of carbonyl (C=O) groups excluding carboxylic acids is 2. The number of carbonyl (C=O) groups is 2. The van der Waals surface area contributed by atoms with E-state index in [0.29, 0.717) is 10.7 Å². The average Bonchev–Trinajstić information content (AvgIpc) is 3.07. The lowest BCUT2D eigenvalue weighted by Crippen LogP contribution is -2.55. The molecule has 0 bridgehead atoms. The maximum Gasteiger partial charge on any atom is 0.264 e. The van der Waals surface area contributed by atoms with Gasteiger partial charge in [-0.3, -0.25) is 13.9 Å². The number of aryl methyl sites for hydroxylation is 1. The second kappa shape index (κ2) is 16.0. The van der Waals surface area contributed by atoms with E-state index in [9.17, 15) is 18.0 Å². The van der Waals surface area contributed by atoms with Crippen LogP contribution < -0.4 is 9.62 Å². The molecule has 10 heteroatoms. The third kappa shape index (κ3) is 9.24. The van der Waals surface area contributed by atoms with Gasteiger partial charge in [0.1, 0.15) is 12.6 Å². The molecule has 1 aliphatic rings. The highest BCUT2D eigenvalue weighted by Crippen LogP contribution is 2.27. The Morgan fingerprint density at radius 3 is 2.21 bits per heavy atom. The Labute approximate surface area is 291 Å². The molecule has 47 heavy (non-hydrogen) atoms. The summed E-state index contributed by atoms with van der Waals surface area (Å²) in [6.45, 7) is 1.47. The summed E-state index contributed by atoms with van der Waals surface area (Å²) in [5.41, 5.74) is 2.90. The summed E-state index contributed by atoms with van der Waals surface area (Å²) >= 11 is 9.56. The standard InChI is InChI=1S/C37H39BrClN3O4S/c1-27-9-8-14-33(23-27)42(47(45,46)34-21-19-31(39)20-22-34)26-36(43)41(25-29-15-17-30(38)18-16-29)35(24-28-10-4-2-5-11-28)37(44)40-32-12-6-3-7-13-32/h2,4-5,8-11,14-23,32,35H,3,6-7,12-13,24-26H2,1H3,(H,40,44)/t35-/m1/s1. The van der Waals surface area contributed by atoms with Crippen molar-refractivity contribution in [3.63, 3.8) is 0 Å². The first kappa shape index (κ1) is 34.7. The van der Waals surface area contributed by atoms with E-state index in [4.69, 9.17) is 11.6 Å². The molecule has 0 radical (unpaired) electrons. The van der Waals surface area contributed by atoms with Crippen molar-refractivity contribution in [2.24, 2.45) is 0 Å². The van der Waals surface area contributed by atoms with Crippen LogP contribution in [0.5, 0.6) is 0 Å². The van der Waals surface area contributed by atoms with Crippen LogP contribution in [-0.4, -0.2) is 43.8 Å². The third-order valence-electron chi connectivity index (χ3n) is 8.46.